The van der Waals surface area contributed by atoms with E-state index in [4.69, 9.17) is 14.5 Å². The van der Waals surface area contributed by atoms with Crippen molar-refractivity contribution in [3.05, 3.63) is 95.6 Å². The number of carbonyl (C=O) groups is 2. The Bertz CT molecular complexity index is 1370. The number of methoxy groups -OCH3 is 1. The van der Waals surface area contributed by atoms with Gasteiger partial charge in [-0.3, -0.25) is 4.79 Å². The maximum Gasteiger partial charge on any atom is 0.339 e. The minimum absolute atomic E-state index is 0.0103. The number of ether oxygens (including phenoxy) is 2. The SMILES string of the molecule is COc1ccc(-c2cc(C(=O)OC(C)C(=O)c3ccc(C(C)(C)C)cc3)c3ccccc3n2)cc1. The molecule has 0 saturated heterocycles. The molecule has 35 heavy (non-hydrogen) atoms. The standard InChI is InChI=1S/C30H29NO4/c1-19(28(32)21-10-14-22(15-11-21)30(2,3)4)35-29(33)25-18-27(20-12-16-23(34-5)17-13-20)31-26-9-7-6-8-24(25)26/h6-19H,1-5H3. The average Bonchev–Trinajstić information content (AvgIpc) is 2.87. The van der Waals surface area contributed by atoms with Crippen molar-refractivity contribution >= 4 is 22.7 Å². The van der Waals surface area contributed by atoms with Crippen molar-refractivity contribution < 1.29 is 19.1 Å². The summed E-state index contributed by atoms with van der Waals surface area (Å²) in [7, 11) is 1.61. The highest BCUT2D eigenvalue weighted by atomic mass is 16.5. The number of para-hydroxylation sites is 1. The fourth-order valence-electron chi connectivity index (χ4n) is 3.90. The van der Waals surface area contributed by atoms with Crippen LogP contribution in [0.5, 0.6) is 5.75 Å². The lowest BCUT2D eigenvalue weighted by atomic mass is 9.86. The number of Topliss-reactive ketones (excluding diaryl/α,β-unsaturated/α-hetero) is 1. The molecule has 1 heterocycles. The second-order valence-electron chi connectivity index (χ2n) is 9.54. The van der Waals surface area contributed by atoms with E-state index in [1.807, 2.05) is 60.7 Å². The zero-order valence-corrected chi connectivity index (χ0v) is 20.7. The second kappa shape index (κ2) is 9.71. The van der Waals surface area contributed by atoms with Crippen LogP contribution in [0.4, 0.5) is 0 Å². The van der Waals surface area contributed by atoms with Gasteiger partial charge in [-0.15, -0.1) is 0 Å². The molecule has 3 aromatic carbocycles. The summed E-state index contributed by atoms with van der Waals surface area (Å²) in [5.41, 5.74) is 4.14. The van der Waals surface area contributed by atoms with Crippen molar-refractivity contribution in [1.29, 1.82) is 0 Å². The number of hydrogen-bond acceptors (Lipinski definition) is 5. The van der Waals surface area contributed by atoms with Gasteiger partial charge in [0.1, 0.15) is 5.75 Å². The van der Waals surface area contributed by atoms with E-state index in [0.717, 1.165) is 16.9 Å². The number of carbonyl (C=O) groups excluding carboxylic acids is 2. The Kier molecular flexibility index (Phi) is 6.70. The van der Waals surface area contributed by atoms with Crippen LogP contribution in [0.2, 0.25) is 0 Å². The summed E-state index contributed by atoms with van der Waals surface area (Å²) >= 11 is 0. The number of pyridine rings is 1. The molecular formula is C30H29NO4. The van der Waals surface area contributed by atoms with Gasteiger partial charge in [0.05, 0.1) is 23.9 Å². The van der Waals surface area contributed by atoms with Crippen molar-refractivity contribution in [1.82, 2.24) is 4.98 Å². The van der Waals surface area contributed by atoms with Crippen molar-refractivity contribution in [2.45, 2.75) is 39.2 Å². The minimum Gasteiger partial charge on any atom is -0.497 e. The summed E-state index contributed by atoms with van der Waals surface area (Å²) in [5, 5.41) is 0.670. The molecule has 0 aliphatic heterocycles. The number of nitrogens with zero attached hydrogens (tertiary/aromatic N) is 1. The predicted octanol–water partition coefficient (Wildman–Crippen LogP) is 6.64. The Labute approximate surface area is 205 Å². The molecule has 5 nitrogen and oxygen atoms in total. The molecule has 5 heteroatoms. The van der Waals surface area contributed by atoms with Crippen LogP contribution in [0.15, 0.2) is 78.9 Å². The summed E-state index contributed by atoms with van der Waals surface area (Å²) in [6, 6.07) is 24.0. The maximum atomic E-state index is 13.3. The predicted molar refractivity (Wildman–Crippen MR) is 138 cm³/mol. The molecule has 0 aliphatic rings. The Balaban J connectivity index is 1.61. The monoisotopic (exact) mass is 467 g/mol. The maximum absolute atomic E-state index is 13.3. The van der Waals surface area contributed by atoms with E-state index in [0.29, 0.717) is 27.7 Å². The molecule has 4 aromatic rings. The number of fused-ring (bicyclic) bond motifs is 1. The highest BCUT2D eigenvalue weighted by Crippen LogP contribution is 2.27. The third-order valence-corrected chi connectivity index (χ3v) is 6.01. The van der Waals surface area contributed by atoms with Gasteiger partial charge in [-0.25, -0.2) is 9.78 Å². The number of rotatable bonds is 6. The fourth-order valence-corrected chi connectivity index (χ4v) is 3.90. The lowest BCUT2D eigenvalue weighted by Crippen LogP contribution is -2.25. The van der Waals surface area contributed by atoms with Crippen molar-refractivity contribution in [2.24, 2.45) is 0 Å². The molecule has 0 spiro atoms. The fraction of sp³-hybridized carbons (Fsp3) is 0.233. The van der Waals surface area contributed by atoms with Crippen LogP contribution < -0.4 is 4.74 Å². The third kappa shape index (κ3) is 5.24. The molecule has 1 atom stereocenters. The zero-order valence-electron chi connectivity index (χ0n) is 20.7. The first-order valence-corrected chi connectivity index (χ1v) is 11.6. The molecule has 0 radical (unpaired) electrons. The van der Waals surface area contributed by atoms with Gasteiger partial charge in [0, 0.05) is 16.5 Å². The summed E-state index contributed by atoms with van der Waals surface area (Å²) in [6.07, 6.45) is -0.931. The molecule has 178 valence electrons. The van der Waals surface area contributed by atoms with E-state index in [-0.39, 0.29) is 11.2 Å². The van der Waals surface area contributed by atoms with E-state index < -0.39 is 12.1 Å². The van der Waals surface area contributed by atoms with E-state index in [2.05, 4.69) is 20.8 Å². The topological polar surface area (TPSA) is 65.5 Å². The number of aromatic nitrogens is 1. The first kappa shape index (κ1) is 24.1. The molecule has 4 rings (SSSR count). The molecule has 1 aromatic heterocycles. The van der Waals surface area contributed by atoms with Crippen LogP contribution in [0.1, 0.15) is 54.0 Å². The summed E-state index contributed by atoms with van der Waals surface area (Å²) in [4.78, 5) is 31.0. The highest BCUT2D eigenvalue weighted by Gasteiger charge is 2.23. The van der Waals surface area contributed by atoms with E-state index >= 15 is 0 Å². The van der Waals surface area contributed by atoms with E-state index in [1.54, 1.807) is 32.2 Å². The molecular weight excluding hydrogens is 438 g/mol. The van der Waals surface area contributed by atoms with Crippen LogP contribution in [0, 0.1) is 0 Å². The van der Waals surface area contributed by atoms with E-state index in [9.17, 15) is 9.59 Å². The first-order valence-electron chi connectivity index (χ1n) is 11.6. The molecule has 0 fully saturated rings. The molecule has 1 unspecified atom stereocenters. The highest BCUT2D eigenvalue weighted by molar-refractivity contribution is 6.06. The van der Waals surface area contributed by atoms with Crippen LogP contribution in [0.25, 0.3) is 22.2 Å². The van der Waals surface area contributed by atoms with Crippen LogP contribution in [-0.2, 0) is 10.2 Å². The third-order valence-electron chi connectivity index (χ3n) is 6.01. The van der Waals surface area contributed by atoms with Crippen LogP contribution in [-0.4, -0.2) is 30.0 Å². The van der Waals surface area contributed by atoms with Gasteiger partial charge in [-0.05, 0) is 54.3 Å². The molecule has 0 N–H and O–H groups in total. The smallest absolute Gasteiger partial charge is 0.339 e. The Morgan fingerprint density at radius 1 is 0.886 bits per heavy atom. The zero-order chi connectivity index (χ0) is 25.2. The quantitative estimate of drug-likeness (QED) is 0.235. The molecule has 0 saturated carbocycles. The normalized spacial score (nSPS) is 12.3. The van der Waals surface area contributed by atoms with Crippen molar-refractivity contribution in [3.8, 4) is 17.0 Å². The first-order chi connectivity index (χ1) is 16.7. The van der Waals surface area contributed by atoms with Gasteiger partial charge in [-0.1, -0.05) is 63.2 Å². The lowest BCUT2D eigenvalue weighted by Gasteiger charge is -2.19. The van der Waals surface area contributed by atoms with Gasteiger partial charge in [-0.2, -0.15) is 0 Å². The number of esters is 1. The van der Waals surface area contributed by atoms with Gasteiger partial charge >= 0.3 is 5.97 Å². The van der Waals surface area contributed by atoms with E-state index in [1.165, 1.54) is 0 Å². The summed E-state index contributed by atoms with van der Waals surface area (Å²) in [5.74, 6) is -0.0740. The largest absolute Gasteiger partial charge is 0.497 e. The number of hydrogen-bond donors (Lipinski definition) is 0. The summed E-state index contributed by atoms with van der Waals surface area (Å²) < 4.78 is 10.9. The summed E-state index contributed by atoms with van der Waals surface area (Å²) in [6.45, 7) is 7.96. The molecule has 0 aliphatic carbocycles. The van der Waals surface area contributed by atoms with Gasteiger partial charge in [0.25, 0.3) is 0 Å². The van der Waals surface area contributed by atoms with Crippen molar-refractivity contribution in [3.63, 3.8) is 0 Å². The number of benzene rings is 3. The van der Waals surface area contributed by atoms with Gasteiger partial charge < -0.3 is 9.47 Å². The van der Waals surface area contributed by atoms with Crippen molar-refractivity contribution in [2.75, 3.05) is 7.11 Å². The lowest BCUT2D eigenvalue weighted by molar-refractivity contribution is 0.0320. The average molecular weight is 468 g/mol. The Hall–Kier alpha value is -3.99. The molecule has 0 bridgehead atoms. The minimum atomic E-state index is -0.931. The number of ketones is 1. The van der Waals surface area contributed by atoms with Gasteiger partial charge in [0.2, 0.25) is 5.78 Å². The van der Waals surface area contributed by atoms with Gasteiger partial charge in [0.15, 0.2) is 6.10 Å². The van der Waals surface area contributed by atoms with Crippen LogP contribution in [0.3, 0.4) is 0 Å². The second-order valence-corrected chi connectivity index (χ2v) is 9.54. The van der Waals surface area contributed by atoms with Crippen LogP contribution >= 0.6 is 0 Å². The Morgan fingerprint density at radius 3 is 2.17 bits per heavy atom. The Morgan fingerprint density at radius 2 is 1.54 bits per heavy atom. The molecule has 0 amide bonds.